The number of nitrogens with zero attached hydrogens (tertiary/aromatic N) is 4. The van der Waals surface area contributed by atoms with Gasteiger partial charge in [-0.2, -0.15) is 0 Å². The Balaban J connectivity index is 0.00000324. The Morgan fingerprint density at radius 2 is 1.71 bits per heavy atom. The van der Waals surface area contributed by atoms with Crippen molar-refractivity contribution in [3.63, 3.8) is 0 Å². The number of hydrogen-bond donors (Lipinski definition) is 2. The van der Waals surface area contributed by atoms with E-state index in [-0.39, 0.29) is 24.0 Å². The molecule has 4 rings (SSSR count). The molecule has 0 aliphatic carbocycles. The molecule has 3 aromatic carbocycles. The molecule has 7 nitrogen and oxygen atoms in total. The predicted molar refractivity (Wildman–Crippen MR) is 148 cm³/mol. The Labute approximate surface area is 217 Å². The fraction of sp³-hybridized carbons (Fsp3) is 0.269. The van der Waals surface area contributed by atoms with Gasteiger partial charge in [-0.1, -0.05) is 60.7 Å². The van der Waals surface area contributed by atoms with Gasteiger partial charge in [0.1, 0.15) is 11.6 Å². The summed E-state index contributed by atoms with van der Waals surface area (Å²) in [7, 11) is 1.96. The zero-order chi connectivity index (χ0) is 22.9. The second-order valence-corrected chi connectivity index (χ2v) is 7.86. The van der Waals surface area contributed by atoms with Crippen molar-refractivity contribution in [3.05, 3.63) is 90.0 Å². The maximum atomic E-state index is 5.95. The Morgan fingerprint density at radius 1 is 0.941 bits per heavy atom. The summed E-state index contributed by atoms with van der Waals surface area (Å²) in [5.74, 6) is 3.38. The van der Waals surface area contributed by atoms with Gasteiger partial charge in [0, 0.05) is 13.6 Å². The molecular formula is C26H31IN6O. The summed E-state index contributed by atoms with van der Waals surface area (Å²) < 4.78 is 7.92. The van der Waals surface area contributed by atoms with E-state index in [0.29, 0.717) is 19.7 Å². The largest absolute Gasteiger partial charge is 0.494 e. The van der Waals surface area contributed by atoms with Crippen molar-refractivity contribution >= 4 is 40.7 Å². The Morgan fingerprint density at radius 3 is 2.47 bits per heavy atom. The number of nitrogens with one attached hydrogen (secondary N) is 2. The quantitative estimate of drug-likeness (QED) is 0.133. The number of ether oxygens (including phenoxy) is 1. The second kappa shape index (κ2) is 12.9. The number of benzene rings is 3. The molecule has 178 valence electrons. The summed E-state index contributed by atoms with van der Waals surface area (Å²) in [6.07, 6.45) is 0.849. The molecule has 0 radical (unpaired) electrons. The van der Waals surface area contributed by atoms with E-state index in [0.717, 1.165) is 41.9 Å². The van der Waals surface area contributed by atoms with Crippen molar-refractivity contribution < 1.29 is 4.74 Å². The van der Waals surface area contributed by atoms with Crippen LogP contribution in [0.25, 0.3) is 10.8 Å². The smallest absolute Gasteiger partial charge is 0.191 e. The Kier molecular flexibility index (Phi) is 9.69. The monoisotopic (exact) mass is 570 g/mol. The first-order valence-corrected chi connectivity index (χ1v) is 11.2. The van der Waals surface area contributed by atoms with E-state index in [4.69, 9.17) is 9.73 Å². The minimum Gasteiger partial charge on any atom is -0.494 e. The molecule has 1 heterocycles. The first kappa shape index (κ1) is 25.5. The third-order valence-corrected chi connectivity index (χ3v) is 5.46. The van der Waals surface area contributed by atoms with E-state index < -0.39 is 0 Å². The molecular weight excluding hydrogens is 539 g/mol. The van der Waals surface area contributed by atoms with Gasteiger partial charge in [0.2, 0.25) is 0 Å². The van der Waals surface area contributed by atoms with E-state index in [9.17, 15) is 0 Å². The fourth-order valence-electron chi connectivity index (χ4n) is 3.42. The summed E-state index contributed by atoms with van der Waals surface area (Å²) in [5, 5.41) is 17.5. The number of aromatic nitrogens is 3. The molecule has 0 saturated heterocycles. The number of halogens is 1. The van der Waals surface area contributed by atoms with Crippen molar-refractivity contribution in [3.8, 4) is 5.75 Å². The van der Waals surface area contributed by atoms with Gasteiger partial charge in [-0.3, -0.25) is 0 Å². The molecule has 0 saturated carbocycles. The summed E-state index contributed by atoms with van der Waals surface area (Å²) in [5.41, 5.74) is 1.16. The van der Waals surface area contributed by atoms with Gasteiger partial charge in [-0.25, -0.2) is 4.99 Å². The molecule has 0 spiro atoms. The third-order valence-electron chi connectivity index (χ3n) is 5.46. The lowest BCUT2D eigenvalue weighted by atomic mass is 10.1. The standard InChI is InChI=1S/C26H30N6O.HI/c1-20-30-31-25(32(20)2)19-29-26(28-18-21-9-4-3-5-10-21)27-15-8-16-33-24-14-13-22-11-6-7-12-23(22)17-24;/h3-7,9-14,17H,8,15-16,18-19H2,1-2H3,(H2,27,28,29);1H. The van der Waals surface area contributed by atoms with Crippen LogP contribution in [0.4, 0.5) is 0 Å². The molecule has 0 aliphatic rings. The maximum absolute atomic E-state index is 5.95. The van der Waals surface area contributed by atoms with E-state index in [1.165, 1.54) is 10.8 Å². The number of guanidine groups is 1. The predicted octanol–water partition coefficient (Wildman–Crippen LogP) is 4.60. The van der Waals surface area contributed by atoms with Crippen LogP contribution in [0.3, 0.4) is 0 Å². The zero-order valence-electron chi connectivity index (χ0n) is 19.6. The SMILES string of the molecule is Cc1nnc(CNC(=NCc2ccccc2)NCCCOc2ccc3ccccc3c2)n1C.I. The van der Waals surface area contributed by atoms with Crippen LogP contribution >= 0.6 is 24.0 Å². The molecule has 0 unspecified atom stereocenters. The summed E-state index contributed by atoms with van der Waals surface area (Å²) in [4.78, 5) is 4.73. The highest BCUT2D eigenvalue weighted by atomic mass is 127. The van der Waals surface area contributed by atoms with Crippen molar-refractivity contribution in [2.45, 2.75) is 26.4 Å². The number of aryl methyl sites for hydroxylation is 1. The van der Waals surface area contributed by atoms with E-state index in [2.05, 4.69) is 57.2 Å². The first-order valence-electron chi connectivity index (χ1n) is 11.2. The zero-order valence-corrected chi connectivity index (χ0v) is 21.9. The molecule has 34 heavy (non-hydrogen) atoms. The van der Waals surface area contributed by atoms with Gasteiger partial charge in [-0.15, -0.1) is 34.2 Å². The van der Waals surface area contributed by atoms with Gasteiger partial charge in [0.15, 0.2) is 11.8 Å². The highest BCUT2D eigenvalue weighted by Crippen LogP contribution is 2.20. The van der Waals surface area contributed by atoms with Gasteiger partial charge in [0.05, 0.1) is 19.7 Å². The van der Waals surface area contributed by atoms with Crippen LogP contribution in [-0.4, -0.2) is 33.9 Å². The molecule has 8 heteroatoms. The lowest BCUT2D eigenvalue weighted by Gasteiger charge is -2.13. The van der Waals surface area contributed by atoms with Crippen LogP contribution in [0.1, 0.15) is 23.6 Å². The highest BCUT2D eigenvalue weighted by Gasteiger charge is 2.06. The van der Waals surface area contributed by atoms with Crippen molar-refractivity contribution in [1.82, 2.24) is 25.4 Å². The molecule has 2 N–H and O–H groups in total. The van der Waals surface area contributed by atoms with E-state index >= 15 is 0 Å². The van der Waals surface area contributed by atoms with Crippen molar-refractivity contribution in [2.75, 3.05) is 13.2 Å². The normalized spacial score (nSPS) is 11.2. The molecule has 0 amide bonds. The van der Waals surface area contributed by atoms with Crippen LogP contribution in [-0.2, 0) is 20.1 Å². The number of aliphatic imine (C=N–C) groups is 1. The molecule has 0 aliphatic heterocycles. The molecule has 4 aromatic rings. The van der Waals surface area contributed by atoms with Crippen LogP contribution in [0.5, 0.6) is 5.75 Å². The van der Waals surface area contributed by atoms with Crippen molar-refractivity contribution in [2.24, 2.45) is 12.0 Å². The topological polar surface area (TPSA) is 76.4 Å². The van der Waals surface area contributed by atoms with E-state index in [1.807, 2.05) is 54.9 Å². The average Bonchev–Trinajstić information content (AvgIpc) is 3.18. The molecule has 0 atom stereocenters. The number of fused-ring (bicyclic) bond motifs is 1. The number of rotatable bonds is 9. The van der Waals surface area contributed by atoms with Crippen LogP contribution < -0.4 is 15.4 Å². The summed E-state index contributed by atoms with van der Waals surface area (Å²) in [6, 6.07) is 24.7. The molecule has 1 aromatic heterocycles. The Bertz CT molecular complexity index is 1210. The highest BCUT2D eigenvalue weighted by molar-refractivity contribution is 14.0. The van der Waals surface area contributed by atoms with Crippen LogP contribution in [0, 0.1) is 6.92 Å². The molecule has 0 bridgehead atoms. The minimum atomic E-state index is 0. The van der Waals surface area contributed by atoms with Gasteiger partial charge in [-0.05, 0) is 41.8 Å². The van der Waals surface area contributed by atoms with E-state index in [1.54, 1.807) is 0 Å². The summed E-state index contributed by atoms with van der Waals surface area (Å²) >= 11 is 0. The summed E-state index contributed by atoms with van der Waals surface area (Å²) in [6.45, 7) is 4.45. The first-order chi connectivity index (χ1) is 16.2. The third kappa shape index (κ3) is 7.18. The second-order valence-electron chi connectivity index (χ2n) is 7.86. The average molecular weight is 570 g/mol. The lowest BCUT2D eigenvalue weighted by molar-refractivity contribution is 0.311. The molecule has 0 fully saturated rings. The van der Waals surface area contributed by atoms with Crippen LogP contribution in [0.15, 0.2) is 77.8 Å². The van der Waals surface area contributed by atoms with Gasteiger partial charge < -0.3 is 19.9 Å². The minimum absolute atomic E-state index is 0. The Hall–Kier alpha value is -3.14. The lowest BCUT2D eigenvalue weighted by Crippen LogP contribution is -2.38. The van der Waals surface area contributed by atoms with Gasteiger partial charge in [0.25, 0.3) is 0 Å². The maximum Gasteiger partial charge on any atom is 0.191 e. The van der Waals surface area contributed by atoms with Crippen LogP contribution in [0.2, 0.25) is 0 Å². The fourth-order valence-corrected chi connectivity index (χ4v) is 3.42. The van der Waals surface area contributed by atoms with Crippen molar-refractivity contribution in [1.29, 1.82) is 0 Å². The number of hydrogen-bond acceptors (Lipinski definition) is 4. The van der Waals surface area contributed by atoms with Gasteiger partial charge >= 0.3 is 0 Å².